The number of fused-ring (bicyclic) bond motifs is 6. The summed E-state index contributed by atoms with van der Waals surface area (Å²) >= 11 is 0. The molecule has 0 aliphatic heterocycles. The molecule has 0 bridgehead atoms. The van der Waals surface area contributed by atoms with Gasteiger partial charge in [0.1, 0.15) is 0 Å². The molecule has 298 valence electrons. The van der Waals surface area contributed by atoms with Crippen molar-refractivity contribution < 1.29 is 0 Å². The smallest absolute Gasteiger partial charge is 0.0714 e. The fourth-order valence-corrected chi connectivity index (χ4v) is 10.6. The lowest BCUT2D eigenvalue weighted by Crippen LogP contribution is -2.31. The van der Waals surface area contributed by atoms with Crippen molar-refractivity contribution in [3.8, 4) is 27.9 Å². The van der Waals surface area contributed by atoms with Crippen LogP contribution in [0.5, 0.6) is 0 Å². The summed E-state index contributed by atoms with van der Waals surface area (Å²) < 4.78 is 2.38. The van der Waals surface area contributed by atoms with E-state index in [1.54, 1.807) is 0 Å². The van der Waals surface area contributed by atoms with Gasteiger partial charge in [-0.05, 0) is 117 Å². The molecule has 2 nitrogen and oxygen atoms in total. The minimum Gasteiger partial charge on any atom is -0.334 e. The molecule has 63 heavy (non-hydrogen) atoms. The van der Waals surface area contributed by atoms with Gasteiger partial charge in [-0.25, -0.2) is 0 Å². The lowest BCUT2D eigenvalue weighted by molar-refractivity contribution is 0.761. The maximum absolute atomic E-state index is 2.55. The molecule has 0 spiro atoms. The highest BCUT2D eigenvalue weighted by Gasteiger charge is 2.46. The molecule has 0 saturated carbocycles. The normalized spacial score (nSPS) is 14.9. The van der Waals surface area contributed by atoms with Crippen molar-refractivity contribution in [3.05, 3.63) is 277 Å². The average Bonchev–Trinajstić information content (AvgIpc) is 3.86. The monoisotopic (exact) mass is 804 g/mol. The van der Waals surface area contributed by atoms with Crippen LogP contribution in [0.2, 0.25) is 0 Å². The summed E-state index contributed by atoms with van der Waals surface area (Å²) in [5.74, 6) is 0. The van der Waals surface area contributed by atoms with Crippen LogP contribution in [0.15, 0.2) is 249 Å². The van der Waals surface area contributed by atoms with Gasteiger partial charge in [0.25, 0.3) is 0 Å². The highest BCUT2D eigenvalue weighted by molar-refractivity contribution is 6.10. The number of anilines is 2. The first kappa shape index (κ1) is 36.9. The molecule has 0 amide bonds. The van der Waals surface area contributed by atoms with Crippen LogP contribution in [-0.4, -0.2) is 10.6 Å². The van der Waals surface area contributed by atoms with Crippen molar-refractivity contribution in [2.45, 2.75) is 17.9 Å². The van der Waals surface area contributed by atoms with Crippen molar-refractivity contribution in [1.82, 2.24) is 4.57 Å². The number of hydrogen-bond donors (Lipinski definition) is 0. The third kappa shape index (κ3) is 6.02. The topological polar surface area (TPSA) is 8.17 Å². The highest BCUT2D eigenvalue weighted by Crippen LogP contribution is 2.57. The van der Waals surface area contributed by atoms with Crippen LogP contribution < -0.4 is 4.90 Å². The zero-order valence-corrected chi connectivity index (χ0v) is 34.9. The van der Waals surface area contributed by atoms with Crippen LogP contribution in [0.3, 0.4) is 0 Å². The molecule has 0 N–H and O–H groups in total. The molecule has 9 aromatic carbocycles. The molecule has 1 heterocycles. The lowest BCUT2D eigenvalue weighted by atomic mass is 9.67. The van der Waals surface area contributed by atoms with Crippen LogP contribution >= 0.6 is 0 Å². The predicted octanol–water partition coefficient (Wildman–Crippen LogP) is 15.4. The van der Waals surface area contributed by atoms with E-state index in [1.807, 2.05) is 0 Å². The quantitative estimate of drug-likeness (QED) is 0.149. The number of nitrogens with zero attached hydrogens (tertiary/aromatic N) is 2. The van der Waals surface area contributed by atoms with Gasteiger partial charge in [-0.15, -0.1) is 0 Å². The molecule has 0 fully saturated rings. The first-order valence-corrected chi connectivity index (χ1v) is 22.0. The van der Waals surface area contributed by atoms with E-state index in [-0.39, 0.29) is 6.04 Å². The van der Waals surface area contributed by atoms with Gasteiger partial charge < -0.3 is 9.47 Å². The second-order valence-corrected chi connectivity index (χ2v) is 16.8. The summed E-state index contributed by atoms with van der Waals surface area (Å²) in [5, 5.41) is 2.51. The van der Waals surface area contributed by atoms with Crippen molar-refractivity contribution >= 4 is 38.8 Å². The molecule has 1 unspecified atom stereocenters. The summed E-state index contributed by atoms with van der Waals surface area (Å²) in [6, 6.07) is 84.9. The van der Waals surface area contributed by atoms with Crippen LogP contribution in [0.1, 0.15) is 34.2 Å². The van der Waals surface area contributed by atoms with Crippen LogP contribution in [-0.2, 0) is 5.41 Å². The molecular weight excluding hydrogens is 761 g/mol. The van der Waals surface area contributed by atoms with Crippen LogP contribution in [0.4, 0.5) is 11.4 Å². The van der Waals surface area contributed by atoms with Crippen molar-refractivity contribution in [3.63, 3.8) is 0 Å². The summed E-state index contributed by atoms with van der Waals surface area (Å²) in [6.07, 6.45) is 8.00. The molecule has 1 aromatic heterocycles. The number of rotatable bonds is 8. The van der Waals surface area contributed by atoms with Crippen LogP contribution in [0.25, 0.3) is 55.3 Å². The van der Waals surface area contributed by atoms with Gasteiger partial charge in [0.15, 0.2) is 0 Å². The summed E-state index contributed by atoms with van der Waals surface area (Å²) in [6.45, 7) is 0. The van der Waals surface area contributed by atoms with Gasteiger partial charge in [-0.3, -0.25) is 0 Å². The fourth-order valence-electron chi connectivity index (χ4n) is 10.6. The third-order valence-corrected chi connectivity index (χ3v) is 13.4. The molecule has 2 aliphatic rings. The standard InChI is InChI=1S/C61H44N2/c1-5-17-43(18-6-1)44-29-34-50(35-30-44)62(51-36-31-45(32-37-51)46-33-40-60-56(41-46)55-26-14-16-28-59(55)63(60)49-23-11-4-12-24-49)52-38-39-54-53-25-13-15-27-57(53)61(58(54)42-52,47-19-7-2-8-20-47)48-21-9-3-10-22-48/h1-34,36-42,50H,35H2. The van der Waals surface area contributed by atoms with Crippen molar-refractivity contribution in [2.75, 3.05) is 4.90 Å². The van der Waals surface area contributed by atoms with Gasteiger partial charge >= 0.3 is 0 Å². The molecule has 0 radical (unpaired) electrons. The maximum atomic E-state index is 2.55. The Morgan fingerprint density at radius 3 is 1.73 bits per heavy atom. The Labute approximate surface area is 369 Å². The first-order valence-electron chi connectivity index (χ1n) is 22.0. The number of aromatic nitrogens is 1. The molecule has 10 aromatic rings. The average molecular weight is 805 g/mol. The molecule has 2 aliphatic carbocycles. The Bertz CT molecular complexity index is 3300. The Morgan fingerprint density at radius 2 is 1.02 bits per heavy atom. The Kier molecular flexibility index (Phi) is 8.90. The second-order valence-electron chi connectivity index (χ2n) is 16.8. The zero-order chi connectivity index (χ0) is 41.7. The fraction of sp³-hybridized carbons (Fsp3) is 0.0492. The lowest BCUT2D eigenvalue weighted by Gasteiger charge is -2.36. The van der Waals surface area contributed by atoms with Gasteiger partial charge in [-0.2, -0.15) is 0 Å². The van der Waals surface area contributed by atoms with Crippen molar-refractivity contribution in [2.24, 2.45) is 0 Å². The maximum Gasteiger partial charge on any atom is 0.0714 e. The minimum absolute atomic E-state index is 0.105. The Balaban J connectivity index is 0.995. The zero-order valence-electron chi connectivity index (χ0n) is 34.9. The molecule has 12 rings (SSSR count). The largest absolute Gasteiger partial charge is 0.334 e. The third-order valence-electron chi connectivity index (χ3n) is 13.4. The van der Waals surface area contributed by atoms with E-state index >= 15 is 0 Å². The molecule has 2 heteroatoms. The minimum atomic E-state index is -0.481. The van der Waals surface area contributed by atoms with E-state index < -0.39 is 5.41 Å². The van der Waals surface area contributed by atoms with Crippen molar-refractivity contribution in [1.29, 1.82) is 0 Å². The van der Waals surface area contributed by atoms with E-state index in [9.17, 15) is 0 Å². The summed E-state index contributed by atoms with van der Waals surface area (Å²) in [7, 11) is 0. The van der Waals surface area contributed by atoms with E-state index in [0.717, 1.165) is 12.1 Å². The molecule has 1 atom stereocenters. The van der Waals surface area contributed by atoms with Gasteiger partial charge in [0, 0.05) is 27.8 Å². The number of hydrogen-bond acceptors (Lipinski definition) is 1. The molecular formula is C61H44N2. The van der Waals surface area contributed by atoms with E-state index in [1.165, 1.54) is 88.8 Å². The SMILES string of the molecule is C1=CC(N(c2ccc(-c3ccc4c(c3)c3ccccc3n4-c3ccccc3)cc2)c2ccc3c(c2)C(c2ccccc2)(c2ccccc2)c2ccccc2-3)CC=C1c1ccccc1. The Hall–Kier alpha value is -7.94. The van der Waals surface area contributed by atoms with E-state index in [2.05, 4.69) is 258 Å². The highest BCUT2D eigenvalue weighted by atomic mass is 15.2. The van der Waals surface area contributed by atoms with Gasteiger partial charge in [0.2, 0.25) is 0 Å². The second kappa shape index (κ2) is 15.2. The Morgan fingerprint density at radius 1 is 0.429 bits per heavy atom. The number of benzene rings is 9. The van der Waals surface area contributed by atoms with Crippen LogP contribution in [0, 0.1) is 0 Å². The number of allylic oxidation sites excluding steroid dienone is 2. The van der Waals surface area contributed by atoms with Gasteiger partial charge in [0.05, 0.1) is 22.5 Å². The van der Waals surface area contributed by atoms with E-state index in [4.69, 9.17) is 0 Å². The predicted molar refractivity (Wildman–Crippen MR) is 264 cm³/mol. The van der Waals surface area contributed by atoms with Gasteiger partial charge in [-0.1, -0.05) is 194 Å². The van der Waals surface area contributed by atoms with E-state index in [0.29, 0.717) is 0 Å². The summed E-state index contributed by atoms with van der Waals surface area (Å²) in [5.41, 5.74) is 18.1. The number of para-hydroxylation sites is 2. The summed E-state index contributed by atoms with van der Waals surface area (Å²) in [4.78, 5) is 2.55. The molecule has 0 saturated heterocycles. The first-order chi connectivity index (χ1) is 31.3.